The van der Waals surface area contributed by atoms with Gasteiger partial charge in [0.2, 0.25) is 11.8 Å². The monoisotopic (exact) mass is 520 g/mol. The molecule has 2 amide bonds. The maximum absolute atomic E-state index is 13.9. The highest BCUT2D eigenvalue weighted by Crippen LogP contribution is 2.46. The number of rotatable bonds is 7. The summed E-state index contributed by atoms with van der Waals surface area (Å²) in [5.74, 6) is -0.450. The van der Waals surface area contributed by atoms with Gasteiger partial charge in [-0.25, -0.2) is 8.42 Å². The second-order valence-electron chi connectivity index (χ2n) is 10.0. The van der Waals surface area contributed by atoms with Crippen LogP contribution in [0.4, 0.5) is 0 Å². The summed E-state index contributed by atoms with van der Waals surface area (Å²) in [6.45, 7) is 2.43. The number of hydrogen-bond acceptors (Lipinski definition) is 7. The number of halogens is 1. The number of morpholine rings is 1. The van der Waals surface area contributed by atoms with Gasteiger partial charge in [-0.15, -0.1) is 0 Å². The maximum Gasteiger partial charge on any atom is 0.243 e. The van der Waals surface area contributed by atoms with Crippen molar-refractivity contribution >= 4 is 33.3 Å². The molecule has 0 bridgehead atoms. The van der Waals surface area contributed by atoms with Crippen molar-refractivity contribution in [2.75, 3.05) is 32.8 Å². The lowest BCUT2D eigenvalue weighted by Gasteiger charge is -2.37. The molecule has 9 nitrogen and oxygen atoms in total. The number of benzene rings is 1. The Hall–Kier alpha value is -2.19. The molecule has 0 spiro atoms. The Kier molecular flexibility index (Phi) is 6.33. The summed E-state index contributed by atoms with van der Waals surface area (Å²) < 4.78 is 32.5. The molecule has 1 N–H and O–H groups in total. The van der Waals surface area contributed by atoms with Crippen molar-refractivity contribution in [3.05, 3.63) is 29.3 Å². The van der Waals surface area contributed by atoms with E-state index in [-0.39, 0.29) is 41.1 Å². The lowest BCUT2D eigenvalue weighted by molar-refractivity contribution is -0.142. The first kappa shape index (κ1) is 24.5. The van der Waals surface area contributed by atoms with Crippen molar-refractivity contribution in [3.63, 3.8) is 0 Å². The number of hydrogen-bond donors (Lipinski definition) is 1. The lowest BCUT2D eigenvalue weighted by atomic mass is 10.1. The first-order chi connectivity index (χ1) is 16.7. The molecule has 2 saturated heterocycles. The van der Waals surface area contributed by atoms with Gasteiger partial charge >= 0.3 is 0 Å². The molecule has 2 saturated carbocycles. The van der Waals surface area contributed by atoms with Crippen molar-refractivity contribution in [3.8, 4) is 6.07 Å². The number of likely N-dealkylation sites (tertiary alicyclic amines) is 1. The number of nitrogens with zero attached hydrogens (tertiary/aromatic N) is 3. The third-order valence-corrected chi connectivity index (χ3v) is 10.4. The Labute approximate surface area is 210 Å². The Morgan fingerprint density at radius 2 is 1.86 bits per heavy atom. The van der Waals surface area contributed by atoms with Crippen molar-refractivity contribution < 1.29 is 22.7 Å². The highest BCUT2D eigenvalue weighted by molar-refractivity contribution is 7.92. The zero-order chi connectivity index (χ0) is 24.8. The van der Waals surface area contributed by atoms with Gasteiger partial charge in [-0.05, 0) is 44.2 Å². The molecule has 4 fully saturated rings. The second-order valence-corrected chi connectivity index (χ2v) is 12.6. The maximum atomic E-state index is 13.9. The van der Waals surface area contributed by atoms with Gasteiger partial charge in [-0.2, -0.15) is 5.26 Å². The van der Waals surface area contributed by atoms with Gasteiger partial charge in [0.05, 0.1) is 34.5 Å². The fourth-order valence-electron chi connectivity index (χ4n) is 5.36. The van der Waals surface area contributed by atoms with Gasteiger partial charge in [-0.1, -0.05) is 23.7 Å². The number of carbonyl (C=O) groups excluding carboxylic acids is 2. The molecule has 2 aliphatic carbocycles. The summed E-state index contributed by atoms with van der Waals surface area (Å²) in [5.41, 5.74) is -1.47. The molecule has 35 heavy (non-hydrogen) atoms. The number of ether oxygens (including phenoxy) is 1. The minimum atomic E-state index is -3.83. The Morgan fingerprint density at radius 1 is 1.17 bits per heavy atom. The van der Waals surface area contributed by atoms with Gasteiger partial charge in [0.25, 0.3) is 0 Å². The smallest absolute Gasteiger partial charge is 0.243 e. The minimum Gasteiger partial charge on any atom is -0.379 e. The Morgan fingerprint density at radius 3 is 2.46 bits per heavy atom. The van der Waals surface area contributed by atoms with Crippen LogP contribution >= 0.6 is 11.6 Å². The van der Waals surface area contributed by atoms with E-state index in [1.54, 1.807) is 17.0 Å². The summed E-state index contributed by atoms with van der Waals surface area (Å²) in [6, 6.07) is 7.87. The fraction of sp³-hybridized carbons (Fsp3) is 0.625. The van der Waals surface area contributed by atoms with E-state index in [4.69, 9.17) is 16.3 Å². The van der Waals surface area contributed by atoms with Crippen LogP contribution in [-0.2, 0) is 24.2 Å². The second kappa shape index (κ2) is 9.04. The first-order valence-corrected chi connectivity index (χ1v) is 14.0. The summed E-state index contributed by atoms with van der Waals surface area (Å²) in [6.07, 6.45) is 2.73. The van der Waals surface area contributed by atoms with E-state index in [2.05, 4.69) is 16.3 Å². The van der Waals surface area contributed by atoms with E-state index in [0.29, 0.717) is 52.0 Å². The standard InChI is InChI=1S/C24H29ClN4O5S/c25-19-3-1-2-4-20(19)35(32,33)18-13-17(14-21(30)27-23(16-26)5-6-23)29(15-18)22(31)24(7-8-24)28-9-11-34-12-10-28/h1-4,17-18H,5-15H2,(H,27,30)/t17-,18-/m1/s1. The largest absolute Gasteiger partial charge is 0.379 e. The van der Waals surface area contributed by atoms with E-state index < -0.39 is 32.2 Å². The predicted molar refractivity (Wildman–Crippen MR) is 127 cm³/mol. The van der Waals surface area contributed by atoms with Crippen LogP contribution in [0.5, 0.6) is 0 Å². The van der Waals surface area contributed by atoms with Gasteiger partial charge in [0, 0.05) is 32.1 Å². The molecular formula is C24H29ClN4O5S. The minimum absolute atomic E-state index is 0.0137. The van der Waals surface area contributed by atoms with E-state index in [1.165, 1.54) is 12.1 Å². The molecule has 0 radical (unpaired) electrons. The number of nitriles is 1. The molecule has 2 atom stereocenters. The molecule has 0 unspecified atom stereocenters. The van der Waals surface area contributed by atoms with Crippen LogP contribution in [0, 0.1) is 11.3 Å². The summed E-state index contributed by atoms with van der Waals surface area (Å²) in [4.78, 5) is 30.5. The number of amides is 2. The fourth-order valence-corrected chi connectivity index (χ4v) is 7.62. The van der Waals surface area contributed by atoms with Crippen LogP contribution in [0.3, 0.4) is 0 Å². The van der Waals surface area contributed by atoms with Gasteiger partial charge in [0.1, 0.15) is 11.1 Å². The highest BCUT2D eigenvalue weighted by Gasteiger charge is 2.59. The van der Waals surface area contributed by atoms with E-state index in [9.17, 15) is 23.3 Å². The van der Waals surface area contributed by atoms with Crippen molar-refractivity contribution in [1.82, 2.24) is 15.1 Å². The zero-order valence-corrected chi connectivity index (χ0v) is 21.0. The van der Waals surface area contributed by atoms with E-state index in [0.717, 1.165) is 0 Å². The van der Waals surface area contributed by atoms with E-state index in [1.807, 2.05) is 0 Å². The van der Waals surface area contributed by atoms with E-state index >= 15 is 0 Å². The third kappa shape index (κ3) is 4.55. The van der Waals surface area contributed by atoms with Crippen LogP contribution in [0.2, 0.25) is 5.02 Å². The Bertz CT molecular complexity index is 1170. The molecule has 5 rings (SSSR count). The number of nitrogens with one attached hydrogen (secondary N) is 1. The van der Waals surface area contributed by atoms with Gasteiger partial charge in [-0.3, -0.25) is 14.5 Å². The zero-order valence-electron chi connectivity index (χ0n) is 19.4. The van der Waals surface area contributed by atoms with Crippen LogP contribution < -0.4 is 5.32 Å². The first-order valence-electron chi connectivity index (χ1n) is 12.1. The van der Waals surface area contributed by atoms with Crippen molar-refractivity contribution in [2.24, 2.45) is 0 Å². The molecule has 188 valence electrons. The average molecular weight is 521 g/mol. The Balaban J connectivity index is 1.40. The van der Waals surface area contributed by atoms with Crippen LogP contribution in [0.25, 0.3) is 0 Å². The normalized spacial score (nSPS) is 27.1. The SMILES string of the molecule is N#CC1(NC(=O)C[C@H]2C[C@@H](S(=O)(=O)c3ccccc3Cl)CN2C(=O)C2(N3CCOCC3)CC2)CC1. The molecule has 2 heterocycles. The van der Waals surface area contributed by atoms with Crippen LogP contribution in [0.1, 0.15) is 38.5 Å². The quantitative estimate of drug-likeness (QED) is 0.578. The van der Waals surface area contributed by atoms with Crippen molar-refractivity contribution in [1.29, 1.82) is 5.26 Å². The summed E-state index contributed by atoms with van der Waals surface area (Å²) >= 11 is 6.21. The molecule has 1 aromatic rings. The molecule has 11 heteroatoms. The highest BCUT2D eigenvalue weighted by atomic mass is 35.5. The lowest BCUT2D eigenvalue weighted by Crippen LogP contribution is -2.55. The van der Waals surface area contributed by atoms with Gasteiger partial charge in [0.15, 0.2) is 9.84 Å². The van der Waals surface area contributed by atoms with Crippen LogP contribution in [-0.4, -0.2) is 85.2 Å². The summed E-state index contributed by atoms with van der Waals surface area (Å²) in [7, 11) is -3.83. The van der Waals surface area contributed by atoms with Crippen molar-refractivity contribution in [2.45, 2.75) is 65.8 Å². The van der Waals surface area contributed by atoms with Crippen LogP contribution in [0.15, 0.2) is 29.2 Å². The van der Waals surface area contributed by atoms with Gasteiger partial charge < -0.3 is 15.0 Å². The molecule has 1 aromatic carbocycles. The third-order valence-electron chi connectivity index (χ3n) is 7.72. The average Bonchev–Trinajstić information content (AvgIpc) is 3.77. The summed E-state index contributed by atoms with van der Waals surface area (Å²) in [5, 5.41) is 11.4. The number of carbonyl (C=O) groups is 2. The molecule has 4 aliphatic rings. The topological polar surface area (TPSA) is 120 Å². The molecular weight excluding hydrogens is 492 g/mol. The molecule has 0 aromatic heterocycles. The number of sulfone groups is 1. The predicted octanol–water partition coefficient (Wildman–Crippen LogP) is 1.51. The molecule has 2 aliphatic heterocycles.